The lowest BCUT2D eigenvalue weighted by Crippen LogP contribution is -2.09. The van der Waals surface area contributed by atoms with E-state index in [2.05, 4.69) is 32.8 Å². The Balaban J connectivity index is 2.53. The molecule has 1 aromatic rings. The molecular formula is C8H9BrN2S. The minimum atomic E-state index is 0.727. The molecule has 0 aromatic carbocycles. The molecule has 12 heavy (non-hydrogen) atoms. The average Bonchev–Trinajstić information content (AvgIpc) is 2.04. The van der Waals surface area contributed by atoms with E-state index in [-0.39, 0.29) is 0 Å². The third-order valence-corrected chi connectivity index (χ3v) is 3.34. The zero-order valence-electron chi connectivity index (χ0n) is 6.80. The highest BCUT2D eigenvalue weighted by molar-refractivity contribution is 9.10. The number of fused-ring (bicyclic) bond motifs is 1. The van der Waals surface area contributed by atoms with Gasteiger partial charge in [-0.3, -0.25) is 0 Å². The summed E-state index contributed by atoms with van der Waals surface area (Å²) < 4.78 is 0.727. The van der Waals surface area contributed by atoms with Gasteiger partial charge >= 0.3 is 0 Å². The van der Waals surface area contributed by atoms with Crippen LogP contribution >= 0.6 is 27.7 Å². The van der Waals surface area contributed by atoms with Gasteiger partial charge in [-0.05, 0) is 35.0 Å². The summed E-state index contributed by atoms with van der Waals surface area (Å²) in [4.78, 5) is 8.65. The van der Waals surface area contributed by atoms with Crippen LogP contribution in [0.4, 0.5) is 0 Å². The molecule has 2 nitrogen and oxygen atoms in total. The van der Waals surface area contributed by atoms with Gasteiger partial charge in [0, 0.05) is 17.0 Å². The molecule has 0 radical (unpaired) electrons. The molecule has 0 unspecified atom stereocenters. The maximum absolute atomic E-state index is 4.37. The molecule has 0 spiro atoms. The second-order valence-corrected chi connectivity index (χ2v) is 4.62. The van der Waals surface area contributed by atoms with E-state index in [0.29, 0.717) is 0 Å². The van der Waals surface area contributed by atoms with Crippen molar-refractivity contribution in [3.05, 3.63) is 21.7 Å². The van der Waals surface area contributed by atoms with Crippen molar-refractivity contribution in [2.75, 3.05) is 5.75 Å². The first-order chi connectivity index (χ1) is 5.77. The van der Waals surface area contributed by atoms with E-state index in [1.807, 2.05) is 11.8 Å². The van der Waals surface area contributed by atoms with Crippen LogP contribution in [0.15, 0.2) is 4.73 Å². The first kappa shape index (κ1) is 8.51. The average molecular weight is 245 g/mol. The fraction of sp³-hybridized carbons (Fsp3) is 0.500. The standard InChI is InChI=1S/C8H9BrN2S/c1-5-6-4-12-3-2-7(6)11-8(9)10-5/h2-4H2,1H3. The summed E-state index contributed by atoms with van der Waals surface area (Å²) in [7, 11) is 0. The second-order valence-electron chi connectivity index (χ2n) is 2.81. The molecule has 2 rings (SSSR count). The smallest absolute Gasteiger partial charge is 0.197 e. The first-order valence-electron chi connectivity index (χ1n) is 3.87. The monoisotopic (exact) mass is 244 g/mol. The molecule has 2 heterocycles. The Kier molecular flexibility index (Phi) is 2.37. The molecule has 0 saturated heterocycles. The van der Waals surface area contributed by atoms with Gasteiger partial charge in [0.15, 0.2) is 4.73 Å². The van der Waals surface area contributed by atoms with Gasteiger partial charge in [0.2, 0.25) is 0 Å². The zero-order valence-corrected chi connectivity index (χ0v) is 9.20. The van der Waals surface area contributed by atoms with Crippen LogP contribution in [-0.2, 0) is 12.2 Å². The maximum atomic E-state index is 4.37. The molecule has 1 aromatic heterocycles. The van der Waals surface area contributed by atoms with Crippen LogP contribution in [0.3, 0.4) is 0 Å². The zero-order chi connectivity index (χ0) is 8.55. The Morgan fingerprint density at radius 3 is 3.08 bits per heavy atom. The Labute approximate surface area is 84.3 Å². The van der Waals surface area contributed by atoms with Crippen molar-refractivity contribution in [1.29, 1.82) is 0 Å². The summed E-state index contributed by atoms with van der Waals surface area (Å²) in [6.45, 7) is 2.05. The van der Waals surface area contributed by atoms with Crippen molar-refractivity contribution < 1.29 is 0 Å². The Hall–Kier alpha value is -0.0900. The van der Waals surface area contributed by atoms with Crippen molar-refractivity contribution >= 4 is 27.7 Å². The number of aromatic nitrogens is 2. The lowest BCUT2D eigenvalue weighted by atomic mass is 10.1. The minimum absolute atomic E-state index is 0.727. The fourth-order valence-electron chi connectivity index (χ4n) is 1.36. The summed E-state index contributed by atoms with van der Waals surface area (Å²) in [6.07, 6.45) is 1.09. The van der Waals surface area contributed by atoms with E-state index >= 15 is 0 Å². The first-order valence-corrected chi connectivity index (χ1v) is 5.82. The number of thioether (sulfide) groups is 1. The largest absolute Gasteiger partial charge is 0.227 e. The van der Waals surface area contributed by atoms with Gasteiger partial charge < -0.3 is 0 Å². The summed E-state index contributed by atoms with van der Waals surface area (Å²) in [5, 5.41) is 0. The van der Waals surface area contributed by atoms with Crippen molar-refractivity contribution in [3.63, 3.8) is 0 Å². The van der Waals surface area contributed by atoms with Crippen molar-refractivity contribution in [2.45, 2.75) is 19.1 Å². The minimum Gasteiger partial charge on any atom is -0.227 e. The lowest BCUT2D eigenvalue weighted by molar-refractivity contribution is 0.906. The Bertz CT molecular complexity index is 314. The molecule has 0 atom stereocenters. The van der Waals surface area contributed by atoms with Gasteiger partial charge in [-0.2, -0.15) is 11.8 Å². The summed E-state index contributed by atoms with van der Waals surface area (Å²) in [5.74, 6) is 2.27. The van der Waals surface area contributed by atoms with Gasteiger partial charge in [-0.15, -0.1) is 0 Å². The van der Waals surface area contributed by atoms with Gasteiger partial charge in [-0.1, -0.05) is 0 Å². The van der Waals surface area contributed by atoms with Crippen molar-refractivity contribution in [2.24, 2.45) is 0 Å². The van der Waals surface area contributed by atoms with E-state index in [1.54, 1.807) is 0 Å². The van der Waals surface area contributed by atoms with E-state index in [4.69, 9.17) is 0 Å². The fourth-order valence-corrected chi connectivity index (χ4v) is 2.90. The molecule has 64 valence electrons. The highest BCUT2D eigenvalue weighted by Crippen LogP contribution is 2.25. The van der Waals surface area contributed by atoms with Crippen LogP contribution in [0.5, 0.6) is 0 Å². The van der Waals surface area contributed by atoms with Crippen LogP contribution in [-0.4, -0.2) is 15.7 Å². The molecular weight excluding hydrogens is 236 g/mol. The molecule has 0 N–H and O–H groups in total. The number of hydrogen-bond acceptors (Lipinski definition) is 3. The van der Waals surface area contributed by atoms with E-state index < -0.39 is 0 Å². The quantitative estimate of drug-likeness (QED) is 0.656. The number of rotatable bonds is 0. The van der Waals surface area contributed by atoms with Crippen LogP contribution in [0.1, 0.15) is 17.0 Å². The summed E-state index contributed by atoms with van der Waals surface area (Å²) in [5.41, 5.74) is 3.70. The maximum Gasteiger partial charge on any atom is 0.197 e. The predicted molar refractivity (Wildman–Crippen MR) is 54.3 cm³/mol. The van der Waals surface area contributed by atoms with Crippen LogP contribution in [0.25, 0.3) is 0 Å². The SMILES string of the molecule is Cc1nc(Br)nc2c1CSCC2. The van der Waals surface area contributed by atoms with Gasteiger partial charge in [0.05, 0.1) is 5.69 Å². The molecule has 0 bridgehead atoms. The topological polar surface area (TPSA) is 25.8 Å². The highest BCUT2D eigenvalue weighted by Gasteiger charge is 2.14. The van der Waals surface area contributed by atoms with Crippen LogP contribution in [0.2, 0.25) is 0 Å². The molecule has 1 aliphatic rings. The number of halogens is 1. The van der Waals surface area contributed by atoms with Crippen molar-refractivity contribution in [1.82, 2.24) is 9.97 Å². The van der Waals surface area contributed by atoms with E-state index in [1.165, 1.54) is 17.0 Å². The molecule has 0 amide bonds. The normalized spacial score (nSPS) is 15.8. The molecule has 4 heteroatoms. The molecule has 0 fully saturated rings. The van der Waals surface area contributed by atoms with Crippen LogP contribution < -0.4 is 0 Å². The van der Waals surface area contributed by atoms with E-state index in [0.717, 1.165) is 22.6 Å². The Morgan fingerprint density at radius 2 is 2.25 bits per heavy atom. The lowest BCUT2D eigenvalue weighted by Gasteiger charge is -2.15. The number of hydrogen-bond donors (Lipinski definition) is 0. The number of nitrogens with zero attached hydrogens (tertiary/aromatic N) is 2. The summed E-state index contributed by atoms with van der Waals surface area (Å²) >= 11 is 5.27. The molecule has 1 aliphatic heterocycles. The van der Waals surface area contributed by atoms with Gasteiger partial charge in [0.1, 0.15) is 0 Å². The predicted octanol–water partition coefficient (Wildman–Crippen LogP) is 2.34. The summed E-state index contributed by atoms with van der Waals surface area (Å²) in [6, 6.07) is 0. The molecule has 0 saturated carbocycles. The third kappa shape index (κ3) is 1.50. The molecule has 0 aliphatic carbocycles. The number of aryl methyl sites for hydroxylation is 2. The second kappa shape index (κ2) is 3.34. The van der Waals surface area contributed by atoms with Crippen molar-refractivity contribution in [3.8, 4) is 0 Å². The van der Waals surface area contributed by atoms with Crippen LogP contribution in [0, 0.1) is 6.92 Å². The van der Waals surface area contributed by atoms with Gasteiger partial charge in [0.25, 0.3) is 0 Å². The Morgan fingerprint density at radius 1 is 1.42 bits per heavy atom. The highest BCUT2D eigenvalue weighted by atomic mass is 79.9. The third-order valence-electron chi connectivity index (χ3n) is 2.00. The van der Waals surface area contributed by atoms with Gasteiger partial charge in [-0.25, -0.2) is 9.97 Å². The van der Waals surface area contributed by atoms with E-state index in [9.17, 15) is 0 Å².